The predicted octanol–water partition coefficient (Wildman–Crippen LogP) is 3.12. The summed E-state index contributed by atoms with van der Waals surface area (Å²) in [5.74, 6) is 1.46. The van der Waals surface area contributed by atoms with E-state index in [0.717, 1.165) is 31.0 Å². The summed E-state index contributed by atoms with van der Waals surface area (Å²) in [6.45, 7) is 4.06. The van der Waals surface area contributed by atoms with Crippen LogP contribution in [0.2, 0.25) is 0 Å². The van der Waals surface area contributed by atoms with Gasteiger partial charge in [0.1, 0.15) is 5.82 Å². The van der Waals surface area contributed by atoms with Crippen molar-refractivity contribution in [2.75, 3.05) is 50.5 Å². The fraction of sp³-hybridized carbons (Fsp3) is 0.381. The van der Waals surface area contributed by atoms with Gasteiger partial charge in [0.15, 0.2) is 5.96 Å². The molecule has 0 atom stereocenters. The highest BCUT2D eigenvalue weighted by molar-refractivity contribution is 7.99. The minimum Gasteiger partial charge on any atom is -0.378 e. The Balaban J connectivity index is 1.43. The summed E-state index contributed by atoms with van der Waals surface area (Å²) in [4.78, 5) is 7.51. The lowest BCUT2D eigenvalue weighted by atomic mass is 10.1. The Labute approximate surface area is 170 Å². The van der Waals surface area contributed by atoms with E-state index in [0.29, 0.717) is 31.4 Å². The van der Waals surface area contributed by atoms with Crippen molar-refractivity contribution in [3.05, 3.63) is 59.9 Å². The van der Waals surface area contributed by atoms with Gasteiger partial charge in [-0.2, -0.15) is 0 Å². The van der Waals surface area contributed by atoms with E-state index in [1.54, 1.807) is 24.9 Å². The third-order valence-corrected chi connectivity index (χ3v) is 5.47. The van der Waals surface area contributed by atoms with Gasteiger partial charge >= 0.3 is 0 Å². The fourth-order valence-corrected chi connectivity index (χ4v) is 3.77. The van der Waals surface area contributed by atoms with Crippen LogP contribution in [-0.4, -0.2) is 51.6 Å². The van der Waals surface area contributed by atoms with Gasteiger partial charge in [-0.05, 0) is 29.8 Å². The Morgan fingerprint density at radius 2 is 1.93 bits per heavy atom. The van der Waals surface area contributed by atoms with Crippen LogP contribution in [0.4, 0.5) is 10.1 Å². The minimum absolute atomic E-state index is 0.191. The summed E-state index contributed by atoms with van der Waals surface area (Å²) < 4.78 is 19.8. The number of guanidine groups is 1. The number of morpholine rings is 1. The van der Waals surface area contributed by atoms with E-state index in [4.69, 9.17) is 4.74 Å². The fourth-order valence-electron chi connectivity index (χ4n) is 2.98. The number of anilines is 1. The summed E-state index contributed by atoms with van der Waals surface area (Å²) in [5.41, 5.74) is 1.53. The number of benzene rings is 2. The smallest absolute Gasteiger partial charge is 0.191 e. The van der Waals surface area contributed by atoms with Crippen LogP contribution in [0.25, 0.3) is 0 Å². The molecule has 28 heavy (non-hydrogen) atoms. The minimum atomic E-state index is -0.191. The molecule has 0 saturated carbocycles. The van der Waals surface area contributed by atoms with E-state index in [2.05, 4.69) is 27.8 Å². The summed E-state index contributed by atoms with van der Waals surface area (Å²) in [6, 6.07) is 15.7. The molecule has 0 aromatic heterocycles. The third-order valence-electron chi connectivity index (χ3n) is 4.45. The monoisotopic (exact) mass is 402 g/mol. The lowest BCUT2D eigenvalue weighted by Gasteiger charge is -2.29. The van der Waals surface area contributed by atoms with E-state index >= 15 is 0 Å². The van der Waals surface area contributed by atoms with E-state index < -0.39 is 0 Å². The molecule has 0 radical (unpaired) electrons. The Morgan fingerprint density at radius 1 is 1.14 bits per heavy atom. The molecule has 0 bridgehead atoms. The second-order valence-corrected chi connectivity index (χ2v) is 7.57. The van der Waals surface area contributed by atoms with Crippen molar-refractivity contribution in [2.24, 2.45) is 4.99 Å². The second kappa shape index (κ2) is 10.9. The molecule has 1 aliphatic rings. The van der Waals surface area contributed by atoms with Crippen molar-refractivity contribution in [2.45, 2.75) is 11.4 Å². The molecule has 150 valence electrons. The van der Waals surface area contributed by atoms with Crippen LogP contribution in [0.15, 0.2) is 58.4 Å². The maximum Gasteiger partial charge on any atom is 0.191 e. The van der Waals surface area contributed by atoms with Gasteiger partial charge in [-0.25, -0.2) is 4.39 Å². The normalized spacial score (nSPS) is 14.8. The van der Waals surface area contributed by atoms with E-state index in [-0.39, 0.29) is 5.82 Å². The van der Waals surface area contributed by atoms with Crippen LogP contribution in [0.5, 0.6) is 0 Å². The van der Waals surface area contributed by atoms with Crippen molar-refractivity contribution in [3.8, 4) is 0 Å². The SMILES string of the molecule is CN=C(NCCSc1ccccc1)NCc1ccc(N2CCOCC2)c(F)c1. The number of hydrogen-bond acceptors (Lipinski definition) is 4. The molecule has 0 spiro atoms. The standard InChI is InChI=1S/C21H27FN4OS/c1-23-21(24-9-14-28-18-5-3-2-4-6-18)25-16-17-7-8-20(19(22)15-17)26-10-12-27-13-11-26/h2-8,15H,9-14,16H2,1H3,(H2,23,24,25). The van der Waals surface area contributed by atoms with Crippen LogP contribution >= 0.6 is 11.8 Å². The van der Waals surface area contributed by atoms with Crippen LogP contribution < -0.4 is 15.5 Å². The molecular weight excluding hydrogens is 375 g/mol. The topological polar surface area (TPSA) is 48.9 Å². The zero-order valence-corrected chi connectivity index (χ0v) is 17.0. The maximum absolute atomic E-state index is 14.5. The third kappa shape index (κ3) is 6.14. The molecule has 5 nitrogen and oxygen atoms in total. The van der Waals surface area contributed by atoms with Gasteiger partial charge in [0.05, 0.1) is 18.9 Å². The van der Waals surface area contributed by atoms with Gasteiger partial charge in [0.25, 0.3) is 0 Å². The Kier molecular flexibility index (Phi) is 7.99. The Bertz CT molecular complexity index is 766. The van der Waals surface area contributed by atoms with E-state index in [9.17, 15) is 4.39 Å². The number of thioether (sulfide) groups is 1. The zero-order chi connectivity index (χ0) is 19.6. The highest BCUT2D eigenvalue weighted by atomic mass is 32.2. The number of halogens is 1. The van der Waals surface area contributed by atoms with Crippen LogP contribution in [0.3, 0.4) is 0 Å². The molecule has 2 N–H and O–H groups in total. The number of nitrogens with zero attached hydrogens (tertiary/aromatic N) is 2. The molecular formula is C21H27FN4OS. The summed E-state index contributed by atoms with van der Waals surface area (Å²) in [6.07, 6.45) is 0. The second-order valence-electron chi connectivity index (χ2n) is 6.40. The number of aliphatic imine (C=N–C) groups is 1. The quantitative estimate of drug-likeness (QED) is 0.323. The van der Waals surface area contributed by atoms with Gasteiger partial charge in [-0.3, -0.25) is 4.99 Å². The average Bonchev–Trinajstić information content (AvgIpc) is 2.74. The molecule has 0 unspecified atom stereocenters. The molecule has 1 fully saturated rings. The summed E-state index contributed by atoms with van der Waals surface area (Å²) in [7, 11) is 1.74. The summed E-state index contributed by atoms with van der Waals surface area (Å²) >= 11 is 1.80. The largest absolute Gasteiger partial charge is 0.378 e. The van der Waals surface area contributed by atoms with Gasteiger partial charge in [0, 0.05) is 43.9 Å². The van der Waals surface area contributed by atoms with Crippen molar-refractivity contribution >= 4 is 23.4 Å². The first-order valence-electron chi connectivity index (χ1n) is 9.50. The van der Waals surface area contributed by atoms with Crippen molar-refractivity contribution in [3.63, 3.8) is 0 Å². The van der Waals surface area contributed by atoms with Gasteiger partial charge < -0.3 is 20.3 Å². The highest BCUT2D eigenvalue weighted by Gasteiger charge is 2.15. The molecule has 0 aliphatic carbocycles. The van der Waals surface area contributed by atoms with Crippen molar-refractivity contribution in [1.82, 2.24) is 10.6 Å². The number of nitrogens with one attached hydrogen (secondary N) is 2. The van der Waals surface area contributed by atoms with E-state index in [1.807, 2.05) is 35.2 Å². The molecule has 2 aromatic carbocycles. The van der Waals surface area contributed by atoms with Crippen molar-refractivity contribution < 1.29 is 9.13 Å². The van der Waals surface area contributed by atoms with Gasteiger partial charge in [-0.15, -0.1) is 11.8 Å². The lowest BCUT2D eigenvalue weighted by Crippen LogP contribution is -2.38. The molecule has 3 rings (SSSR count). The molecule has 0 amide bonds. The Hall–Kier alpha value is -2.25. The van der Waals surface area contributed by atoms with Crippen LogP contribution in [0.1, 0.15) is 5.56 Å². The maximum atomic E-state index is 14.5. The predicted molar refractivity (Wildman–Crippen MR) is 115 cm³/mol. The van der Waals surface area contributed by atoms with Crippen LogP contribution in [0, 0.1) is 5.82 Å². The number of rotatable bonds is 7. The average molecular weight is 403 g/mol. The van der Waals surface area contributed by atoms with E-state index in [1.165, 1.54) is 4.90 Å². The highest BCUT2D eigenvalue weighted by Crippen LogP contribution is 2.21. The first-order chi connectivity index (χ1) is 13.8. The van der Waals surface area contributed by atoms with Crippen molar-refractivity contribution in [1.29, 1.82) is 0 Å². The number of hydrogen-bond donors (Lipinski definition) is 2. The first kappa shape index (κ1) is 20.5. The molecule has 2 aromatic rings. The summed E-state index contributed by atoms with van der Waals surface area (Å²) in [5, 5.41) is 6.53. The zero-order valence-electron chi connectivity index (χ0n) is 16.2. The molecule has 7 heteroatoms. The molecule has 1 heterocycles. The molecule has 1 saturated heterocycles. The van der Waals surface area contributed by atoms with Gasteiger partial charge in [-0.1, -0.05) is 24.3 Å². The Morgan fingerprint density at radius 3 is 2.64 bits per heavy atom. The number of ether oxygens (including phenoxy) is 1. The molecule has 1 aliphatic heterocycles. The van der Waals surface area contributed by atoms with Crippen LogP contribution in [-0.2, 0) is 11.3 Å². The first-order valence-corrected chi connectivity index (χ1v) is 10.5. The lowest BCUT2D eigenvalue weighted by molar-refractivity contribution is 0.122. The van der Waals surface area contributed by atoms with Gasteiger partial charge in [0.2, 0.25) is 0 Å².